The topological polar surface area (TPSA) is 45.7 Å². The smallest absolute Gasteiger partial charge is 0.257 e. The lowest BCUT2D eigenvalue weighted by Gasteiger charge is -2.33. The highest BCUT2D eigenvalue weighted by atomic mass is 35.5. The number of morpholine rings is 1. The van der Waals surface area contributed by atoms with Crippen molar-refractivity contribution in [2.45, 2.75) is 6.10 Å². The van der Waals surface area contributed by atoms with Crippen LogP contribution in [0.15, 0.2) is 42.6 Å². The Morgan fingerprint density at radius 1 is 1.29 bits per heavy atom. The van der Waals surface area contributed by atoms with Gasteiger partial charge in [-0.15, -0.1) is 0 Å². The first kappa shape index (κ1) is 16.7. The maximum absolute atomic E-state index is 12.9. The second-order valence-corrected chi connectivity index (χ2v) is 6.37. The molecule has 5 nitrogen and oxygen atoms in total. The van der Waals surface area contributed by atoms with Gasteiger partial charge in [0.2, 0.25) is 0 Å². The summed E-state index contributed by atoms with van der Waals surface area (Å²) in [5.41, 5.74) is 1.63. The minimum Gasteiger partial charge on any atom is -0.370 e. The van der Waals surface area contributed by atoms with Crippen molar-refractivity contribution >= 4 is 23.3 Å². The monoisotopic (exact) mass is 345 g/mol. The maximum atomic E-state index is 12.9. The van der Waals surface area contributed by atoms with E-state index in [0.717, 1.165) is 5.56 Å². The van der Waals surface area contributed by atoms with E-state index in [1.807, 2.05) is 54.2 Å². The minimum atomic E-state index is -0.139. The Balaban J connectivity index is 1.80. The molecule has 1 unspecified atom stereocenters. The van der Waals surface area contributed by atoms with E-state index in [2.05, 4.69) is 4.98 Å². The summed E-state index contributed by atoms with van der Waals surface area (Å²) in [5.74, 6) is 0.658. The Morgan fingerprint density at radius 3 is 2.75 bits per heavy atom. The first-order valence-corrected chi connectivity index (χ1v) is 8.22. The molecular formula is C18H20ClN3O2. The second-order valence-electron chi connectivity index (χ2n) is 5.93. The van der Waals surface area contributed by atoms with Crippen LogP contribution in [0, 0.1) is 0 Å². The highest BCUT2D eigenvalue weighted by Crippen LogP contribution is 2.26. The molecule has 1 aliphatic rings. The largest absolute Gasteiger partial charge is 0.370 e. The van der Waals surface area contributed by atoms with Crippen molar-refractivity contribution in [2.24, 2.45) is 0 Å². The molecule has 24 heavy (non-hydrogen) atoms. The average Bonchev–Trinajstić information content (AvgIpc) is 2.62. The summed E-state index contributed by atoms with van der Waals surface area (Å²) < 4.78 is 5.83. The van der Waals surface area contributed by atoms with Gasteiger partial charge >= 0.3 is 0 Å². The van der Waals surface area contributed by atoms with E-state index in [-0.39, 0.29) is 12.0 Å². The molecule has 1 saturated heterocycles. The van der Waals surface area contributed by atoms with Crippen LogP contribution in [0.25, 0.3) is 0 Å². The molecule has 1 atom stereocenters. The number of hydrogen-bond acceptors (Lipinski definition) is 4. The van der Waals surface area contributed by atoms with Gasteiger partial charge in [-0.05, 0) is 29.8 Å². The van der Waals surface area contributed by atoms with E-state index < -0.39 is 0 Å². The number of hydrogen-bond donors (Lipinski definition) is 0. The summed E-state index contributed by atoms with van der Waals surface area (Å²) in [7, 11) is 3.77. The Kier molecular flexibility index (Phi) is 5.02. The van der Waals surface area contributed by atoms with Crippen molar-refractivity contribution in [3.05, 3.63) is 58.7 Å². The zero-order chi connectivity index (χ0) is 17.1. The van der Waals surface area contributed by atoms with Crippen molar-refractivity contribution in [3.8, 4) is 0 Å². The summed E-state index contributed by atoms with van der Waals surface area (Å²) in [4.78, 5) is 20.9. The zero-order valence-electron chi connectivity index (χ0n) is 13.8. The predicted octanol–water partition coefficient (Wildman–Crippen LogP) is 3.01. The van der Waals surface area contributed by atoms with Crippen LogP contribution in [0.1, 0.15) is 22.0 Å². The van der Waals surface area contributed by atoms with Gasteiger partial charge in [-0.1, -0.05) is 23.7 Å². The summed E-state index contributed by atoms with van der Waals surface area (Å²) in [6, 6.07) is 11.2. The van der Waals surface area contributed by atoms with E-state index >= 15 is 0 Å². The number of anilines is 1. The lowest BCUT2D eigenvalue weighted by molar-refractivity contribution is -0.0228. The molecule has 0 aliphatic carbocycles. The van der Waals surface area contributed by atoms with Crippen molar-refractivity contribution in [2.75, 3.05) is 38.7 Å². The van der Waals surface area contributed by atoms with E-state index in [1.54, 1.807) is 12.3 Å². The molecule has 0 N–H and O–H groups in total. The van der Waals surface area contributed by atoms with Crippen LogP contribution in [0.5, 0.6) is 0 Å². The molecule has 1 amide bonds. The van der Waals surface area contributed by atoms with Crippen LogP contribution < -0.4 is 4.90 Å². The maximum Gasteiger partial charge on any atom is 0.257 e. The highest BCUT2D eigenvalue weighted by Gasteiger charge is 2.27. The van der Waals surface area contributed by atoms with Gasteiger partial charge < -0.3 is 14.5 Å². The molecule has 3 rings (SSSR count). The van der Waals surface area contributed by atoms with Gasteiger partial charge in [0, 0.05) is 31.9 Å². The third-order valence-corrected chi connectivity index (χ3v) is 4.29. The Labute approximate surface area is 146 Å². The number of carbonyl (C=O) groups excluding carboxylic acids is 1. The van der Waals surface area contributed by atoms with Gasteiger partial charge in [0.1, 0.15) is 11.9 Å². The van der Waals surface area contributed by atoms with Crippen LogP contribution in [0.2, 0.25) is 5.02 Å². The summed E-state index contributed by atoms with van der Waals surface area (Å²) in [5, 5.41) is 0.688. The van der Waals surface area contributed by atoms with Crippen molar-refractivity contribution < 1.29 is 9.53 Å². The zero-order valence-corrected chi connectivity index (χ0v) is 14.5. The standard InChI is InChI=1S/C18H20ClN3O2/c1-21(2)17-15(4-3-9-20-17)18(23)22-10-11-24-16(12-22)13-5-7-14(19)8-6-13/h3-9,16H,10-12H2,1-2H3. The Bertz CT molecular complexity index is 718. The number of aromatic nitrogens is 1. The SMILES string of the molecule is CN(C)c1ncccc1C(=O)N1CCOC(c2ccc(Cl)cc2)C1. The molecule has 1 aliphatic heterocycles. The predicted molar refractivity (Wildman–Crippen MR) is 94.6 cm³/mol. The van der Waals surface area contributed by atoms with Crippen LogP contribution in [0.3, 0.4) is 0 Å². The fraction of sp³-hybridized carbons (Fsp3) is 0.333. The third-order valence-electron chi connectivity index (χ3n) is 4.04. The molecular weight excluding hydrogens is 326 g/mol. The molecule has 126 valence electrons. The molecule has 1 aromatic heterocycles. The van der Waals surface area contributed by atoms with Crippen LogP contribution in [-0.4, -0.2) is 49.6 Å². The molecule has 1 fully saturated rings. The number of benzene rings is 1. The second kappa shape index (κ2) is 7.20. The van der Waals surface area contributed by atoms with Gasteiger partial charge in [0.25, 0.3) is 5.91 Å². The number of ether oxygens (including phenoxy) is 1. The number of amides is 1. The quantitative estimate of drug-likeness (QED) is 0.858. The fourth-order valence-electron chi connectivity index (χ4n) is 2.80. The van der Waals surface area contributed by atoms with E-state index in [4.69, 9.17) is 16.3 Å². The molecule has 6 heteroatoms. The molecule has 0 bridgehead atoms. The van der Waals surface area contributed by atoms with Crippen LogP contribution >= 0.6 is 11.6 Å². The molecule has 0 saturated carbocycles. The molecule has 1 aromatic carbocycles. The number of pyridine rings is 1. The normalized spacial score (nSPS) is 17.6. The van der Waals surface area contributed by atoms with Gasteiger partial charge in [-0.3, -0.25) is 4.79 Å². The molecule has 2 heterocycles. The number of rotatable bonds is 3. The highest BCUT2D eigenvalue weighted by molar-refractivity contribution is 6.30. The molecule has 0 radical (unpaired) electrons. The average molecular weight is 346 g/mol. The summed E-state index contributed by atoms with van der Waals surface area (Å²) in [6.07, 6.45) is 1.56. The first-order chi connectivity index (χ1) is 11.6. The van der Waals surface area contributed by atoms with Gasteiger partial charge in [0.05, 0.1) is 18.7 Å². The first-order valence-electron chi connectivity index (χ1n) is 7.85. The third kappa shape index (κ3) is 3.52. The van der Waals surface area contributed by atoms with Gasteiger partial charge in [-0.25, -0.2) is 4.98 Å². The lowest BCUT2D eigenvalue weighted by Crippen LogP contribution is -2.42. The van der Waals surface area contributed by atoms with Gasteiger partial charge in [-0.2, -0.15) is 0 Å². The van der Waals surface area contributed by atoms with Crippen molar-refractivity contribution in [1.82, 2.24) is 9.88 Å². The van der Waals surface area contributed by atoms with E-state index in [9.17, 15) is 4.79 Å². The number of halogens is 1. The number of nitrogens with zero attached hydrogens (tertiary/aromatic N) is 3. The summed E-state index contributed by atoms with van der Waals surface area (Å²) >= 11 is 5.94. The fourth-order valence-corrected chi connectivity index (χ4v) is 2.93. The Hall–Kier alpha value is -2.11. The molecule has 2 aromatic rings. The Morgan fingerprint density at radius 2 is 2.04 bits per heavy atom. The van der Waals surface area contributed by atoms with E-state index in [0.29, 0.717) is 36.1 Å². The van der Waals surface area contributed by atoms with Crippen molar-refractivity contribution in [3.63, 3.8) is 0 Å². The van der Waals surface area contributed by atoms with Crippen molar-refractivity contribution in [1.29, 1.82) is 0 Å². The van der Waals surface area contributed by atoms with E-state index in [1.165, 1.54) is 0 Å². The van der Waals surface area contributed by atoms with Crippen LogP contribution in [-0.2, 0) is 4.74 Å². The van der Waals surface area contributed by atoms with Crippen LogP contribution in [0.4, 0.5) is 5.82 Å². The summed E-state index contributed by atoms with van der Waals surface area (Å²) in [6.45, 7) is 1.60. The minimum absolute atomic E-state index is 0.0194. The molecule has 0 spiro atoms. The van der Waals surface area contributed by atoms with Gasteiger partial charge in [0.15, 0.2) is 0 Å². The number of carbonyl (C=O) groups is 1. The lowest BCUT2D eigenvalue weighted by atomic mass is 10.1.